The summed E-state index contributed by atoms with van der Waals surface area (Å²) in [5.41, 5.74) is 1.62. The molecule has 7 heteroatoms. The van der Waals surface area contributed by atoms with Crippen molar-refractivity contribution in [1.82, 2.24) is 15.6 Å². The monoisotopic (exact) mass is 359 g/mol. The molecular formula is C18H21N3O3S. The number of ether oxygens (including phenoxy) is 1. The van der Waals surface area contributed by atoms with Gasteiger partial charge in [-0.25, -0.2) is 4.98 Å². The van der Waals surface area contributed by atoms with Crippen molar-refractivity contribution in [1.29, 1.82) is 0 Å². The van der Waals surface area contributed by atoms with Crippen LogP contribution in [-0.2, 0) is 16.0 Å². The van der Waals surface area contributed by atoms with Gasteiger partial charge in [-0.3, -0.25) is 9.59 Å². The fourth-order valence-corrected chi connectivity index (χ4v) is 3.61. The first-order chi connectivity index (χ1) is 12.2. The molecule has 25 heavy (non-hydrogen) atoms. The Morgan fingerprint density at radius 2 is 2.28 bits per heavy atom. The molecule has 6 nitrogen and oxygen atoms in total. The smallest absolute Gasteiger partial charge is 0.242 e. The lowest BCUT2D eigenvalue weighted by molar-refractivity contribution is -0.129. The number of piperidine rings is 1. The minimum Gasteiger partial charge on any atom is -0.493 e. The largest absolute Gasteiger partial charge is 0.493 e. The highest BCUT2D eigenvalue weighted by Gasteiger charge is 2.23. The van der Waals surface area contributed by atoms with E-state index in [1.165, 1.54) is 11.3 Å². The van der Waals surface area contributed by atoms with Crippen LogP contribution in [0.25, 0.3) is 10.6 Å². The Kier molecular flexibility index (Phi) is 5.65. The molecule has 132 valence electrons. The maximum atomic E-state index is 12.2. The Balaban J connectivity index is 1.65. The summed E-state index contributed by atoms with van der Waals surface area (Å²) >= 11 is 1.48. The number of para-hydroxylation sites is 1. The van der Waals surface area contributed by atoms with Crippen LogP contribution >= 0.6 is 11.3 Å². The summed E-state index contributed by atoms with van der Waals surface area (Å²) in [5.74, 6) is 0.496. The number of nitrogens with zero attached hydrogens (tertiary/aromatic N) is 1. The fraction of sp³-hybridized carbons (Fsp3) is 0.389. The molecule has 3 rings (SSSR count). The van der Waals surface area contributed by atoms with Crippen LogP contribution in [0.1, 0.15) is 25.5 Å². The molecule has 0 aliphatic carbocycles. The third-order valence-electron chi connectivity index (χ3n) is 3.93. The number of rotatable bonds is 6. The van der Waals surface area contributed by atoms with Crippen LogP contribution in [0.3, 0.4) is 0 Å². The molecule has 2 amide bonds. The van der Waals surface area contributed by atoms with Crippen LogP contribution in [-0.4, -0.2) is 36.0 Å². The van der Waals surface area contributed by atoms with Gasteiger partial charge in [0, 0.05) is 11.9 Å². The van der Waals surface area contributed by atoms with Gasteiger partial charge < -0.3 is 15.4 Å². The zero-order valence-corrected chi connectivity index (χ0v) is 14.9. The first kappa shape index (κ1) is 17.4. The van der Waals surface area contributed by atoms with Gasteiger partial charge in [-0.15, -0.1) is 11.3 Å². The minimum absolute atomic E-state index is 0.107. The molecule has 2 N–H and O–H groups in total. The molecule has 1 aromatic carbocycles. The first-order valence-electron chi connectivity index (χ1n) is 8.41. The molecule has 0 radical (unpaired) electrons. The first-order valence-corrected chi connectivity index (χ1v) is 9.29. The fourth-order valence-electron chi connectivity index (χ4n) is 2.76. The standard InChI is InChI=1S/C18H21N3O3S/c1-2-24-15-8-4-3-6-13(15)18-20-12(11-25-18)10-16(22)21-14-7-5-9-19-17(14)23/h3-4,6,8,11,14H,2,5,7,9-10H2,1H3,(H,19,23)(H,21,22). The van der Waals surface area contributed by atoms with E-state index in [1.54, 1.807) is 0 Å². The Morgan fingerprint density at radius 3 is 3.08 bits per heavy atom. The number of benzene rings is 1. The summed E-state index contributed by atoms with van der Waals surface area (Å²) in [7, 11) is 0. The van der Waals surface area contributed by atoms with Crippen molar-refractivity contribution in [2.24, 2.45) is 0 Å². The number of aromatic nitrogens is 1. The SMILES string of the molecule is CCOc1ccccc1-c1nc(CC(=O)NC2CCCNC2=O)cs1. The lowest BCUT2D eigenvalue weighted by Gasteiger charge is -2.22. The predicted molar refractivity (Wildman–Crippen MR) is 96.6 cm³/mol. The number of thiazole rings is 1. The van der Waals surface area contributed by atoms with Crippen LogP contribution in [0.4, 0.5) is 0 Å². The summed E-state index contributed by atoms with van der Waals surface area (Å²) in [6.07, 6.45) is 1.73. The number of carbonyl (C=O) groups is 2. The van der Waals surface area contributed by atoms with Gasteiger partial charge in [0.15, 0.2) is 0 Å². The Bertz CT molecular complexity index is 760. The van der Waals surface area contributed by atoms with Gasteiger partial charge in [-0.05, 0) is 31.9 Å². The van der Waals surface area contributed by atoms with Gasteiger partial charge in [0.2, 0.25) is 11.8 Å². The molecule has 0 saturated carbocycles. The van der Waals surface area contributed by atoms with E-state index in [0.29, 0.717) is 25.3 Å². The third-order valence-corrected chi connectivity index (χ3v) is 4.86. The molecule has 1 aliphatic rings. The molecule has 1 aromatic heterocycles. The third kappa shape index (κ3) is 4.36. The van der Waals surface area contributed by atoms with Crippen LogP contribution < -0.4 is 15.4 Å². The van der Waals surface area contributed by atoms with E-state index >= 15 is 0 Å². The quantitative estimate of drug-likeness (QED) is 0.828. The predicted octanol–water partition coefficient (Wildman–Crippen LogP) is 2.15. The molecule has 1 atom stereocenters. The zero-order chi connectivity index (χ0) is 17.6. The second-order valence-corrected chi connectivity index (χ2v) is 6.66. The molecule has 1 saturated heterocycles. The van der Waals surface area contributed by atoms with E-state index in [1.807, 2.05) is 36.6 Å². The highest BCUT2D eigenvalue weighted by atomic mass is 32.1. The molecule has 1 fully saturated rings. The topological polar surface area (TPSA) is 80.3 Å². The lowest BCUT2D eigenvalue weighted by Crippen LogP contribution is -2.50. The van der Waals surface area contributed by atoms with Crippen molar-refractivity contribution < 1.29 is 14.3 Å². The summed E-state index contributed by atoms with van der Waals surface area (Å²) in [5, 5.41) is 8.25. The summed E-state index contributed by atoms with van der Waals surface area (Å²) in [6.45, 7) is 3.21. The van der Waals surface area contributed by atoms with Gasteiger partial charge >= 0.3 is 0 Å². The Labute approximate surface area is 150 Å². The number of amides is 2. The van der Waals surface area contributed by atoms with E-state index in [2.05, 4.69) is 15.6 Å². The van der Waals surface area contributed by atoms with Crippen molar-refractivity contribution in [2.45, 2.75) is 32.2 Å². The van der Waals surface area contributed by atoms with Crippen molar-refractivity contribution in [3.05, 3.63) is 35.3 Å². The van der Waals surface area contributed by atoms with Gasteiger partial charge in [0.1, 0.15) is 16.8 Å². The van der Waals surface area contributed by atoms with Crippen LogP contribution in [0.15, 0.2) is 29.6 Å². The van der Waals surface area contributed by atoms with E-state index in [0.717, 1.165) is 22.7 Å². The van der Waals surface area contributed by atoms with E-state index in [4.69, 9.17) is 4.74 Å². The minimum atomic E-state index is -0.432. The van der Waals surface area contributed by atoms with Crippen LogP contribution in [0, 0.1) is 0 Å². The maximum absolute atomic E-state index is 12.2. The number of hydrogen-bond donors (Lipinski definition) is 2. The Hall–Kier alpha value is -2.41. The van der Waals surface area contributed by atoms with Gasteiger partial charge in [-0.2, -0.15) is 0 Å². The van der Waals surface area contributed by atoms with Crippen LogP contribution in [0.2, 0.25) is 0 Å². The summed E-state index contributed by atoms with van der Waals surface area (Å²) < 4.78 is 5.64. The Morgan fingerprint density at radius 1 is 1.44 bits per heavy atom. The molecule has 2 aromatic rings. The average Bonchev–Trinajstić information content (AvgIpc) is 3.06. The molecule has 0 bridgehead atoms. The second-order valence-electron chi connectivity index (χ2n) is 5.80. The van der Waals surface area contributed by atoms with Crippen molar-refractivity contribution in [3.63, 3.8) is 0 Å². The zero-order valence-electron chi connectivity index (χ0n) is 14.1. The van der Waals surface area contributed by atoms with Gasteiger partial charge in [0.25, 0.3) is 0 Å². The van der Waals surface area contributed by atoms with Gasteiger partial charge in [0.05, 0.1) is 24.3 Å². The highest BCUT2D eigenvalue weighted by molar-refractivity contribution is 7.13. The van der Waals surface area contributed by atoms with Crippen molar-refractivity contribution in [3.8, 4) is 16.3 Å². The van der Waals surface area contributed by atoms with E-state index in [-0.39, 0.29) is 18.2 Å². The molecule has 1 unspecified atom stereocenters. The molecular weight excluding hydrogens is 338 g/mol. The van der Waals surface area contributed by atoms with Crippen molar-refractivity contribution >= 4 is 23.2 Å². The lowest BCUT2D eigenvalue weighted by atomic mass is 10.1. The summed E-state index contributed by atoms with van der Waals surface area (Å²) in [6, 6.07) is 7.30. The van der Waals surface area contributed by atoms with E-state index in [9.17, 15) is 9.59 Å². The number of hydrogen-bond acceptors (Lipinski definition) is 5. The molecule has 1 aliphatic heterocycles. The average molecular weight is 359 g/mol. The number of nitrogens with one attached hydrogen (secondary N) is 2. The van der Waals surface area contributed by atoms with E-state index < -0.39 is 6.04 Å². The normalized spacial score (nSPS) is 17.0. The van der Waals surface area contributed by atoms with Crippen LogP contribution in [0.5, 0.6) is 5.75 Å². The van der Waals surface area contributed by atoms with Crippen molar-refractivity contribution in [2.75, 3.05) is 13.2 Å². The molecule has 0 spiro atoms. The highest BCUT2D eigenvalue weighted by Crippen LogP contribution is 2.32. The maximum Gasteiger partial charge on any atom is 0.242 e. The molecule has 2 heterocycles. The second kappa shape index (κ2) is 8.11. The number of carbonyl (C=O) groups excluding carboxylic acids is 2. The summed E-state index contributed by atoms with van der Waals surface area (Å²) in [4.78, 5) is 28.5. The van der Waals surface area contributed by atoms with Gasteiger partial charge in [-0.1, -0.05) is 12.1 Å².